The van der Waals surface area contributed by atoms with Gasteiger partial charge in [0.2, 0.25) is 0 Å². The van der Waals surface area contributed by atoms with Crippen molar-refractivity contribution in [2.24, 2.45) is 0 Å². The van der Waals surface area contributed by atoms with Gasteiger partial charge in [-0.2, -0.15) is 5.10 Å². The van der Waals surface area contributed by atoms with Crippen LogP contribution in [0.25, 0.3) is 5.52 Å². The summed E-state index contributed by atoms with van der Waals surface area (Å²) in [6.45, 7) is 0. The number of pyridine rings is 2. The Morgan fingerprint density at radius 1 is 1.24 bits per heavy atom. The van der Waals surface area contributed by atoms with Crippen LogP contribution in [0.15, 0.2) is 48.9 Å². The highest BCUT2D eigenvalue weighted by molar-refractivity contribution is 6.08. The molecule has 0 radical (unpaired) electrons. The van der Waals surface area contributed by atoms with Crippen LogP contribution in [-0.4, -0.2) is 31.6 Å². The third-order valence-electron chi connectivity index (χ3n) is 2.92. The molecule has 0 aliphatic rings. The summed E-state index contributed by atoms with van der Waals surface area (Å²) >= 11 is 0. The van der Waals surface area contributed by atoms with Crippen LogP contribution < -0.4 is 5.32 Å². The molecule has 2 N–H and O–H groups in total. The molecule has 1 amide bonds. The van der Waals surface area contributed by atoms with Gasteiger partial charge in [0.25, 0.3) is 5.91 Å². The number of nitrogens with zero attached hydrogens (tertiary/aromatic N) is 3. The van der Waals surface area contributed by atoms with Crippen molar-refractivity contribution in [2.45, 2.75) is 0 Å². The number of hydrogen-bond donors (Lipinski definition) is 2. The monoisotopic (exact) mass is 282 g/mol. The average molecular weight is 282 g/mol. The van der Waals surface area contributed by atoms with E-state index in [2.05, 4.69) is 15.4 Å². The van der Waals surface area contributed by atoms with Crippen LogP contribution in [0.2, 0.25) is 0 Å². The van der Waals surface area contributed by atoms with Crippen LogP contribution in [-0.2, 0) is 0 Å². The van der Waals surface area contributed by atoms with Crippen molar-refractivity contribution in [3.63, 3.8) is 0 Å². The number of anilines is 1. The fourth-order valence-corrected chi connectivity index (χ4v) is 1.93. The number of carboxylic acid groups (broad SMARTS) is 1. The summed E-state index contributed by atoms with van der Waals surface area (Å²) in [7, 11) is 0. The molecule has 21 heavy (non-hydrogen) atoms. The number of carbonyl (C=O) groups is 2. The van der Waals surface area contributed by atoms with Gasteiger partial charge in [-0.15, -0.1) is 0 Å². The zero-order valence-electron chi connectivity index (χ0n) is 10.7. The van der Waals surface area contributed by atoms with Crippen LogP contribution in [0, 0.1) is 0 Å². The Morgan fingerprint density at radius 3 is 2.90 bits per heavy atom. The van der Waals surface area contributed by atoms with Crippen molar-refractivity contribution in [1.29, 1.82) is 0 Å². The van der Waals surface area contributed by atoms with E-state index in [0.717, 1.165) is 0 Å². The maximum absolute atomic E-state index is 12.2. The standard InChI is InChI=1S/C14H10N4O3/c19-13(10-8-16-18-6-2-1-3-11(10)18)17-12-7-9(14(20)21)4-5-15-12/h1-8H,(H,20,21)(H,15,17,19). The number of nitrogens with one attached hydrogen (secondary N) is 1. The first kappa shape index (κ1) is 12.8. The van der Waals surface area contributed by atoms with E-state index >= 15 is 0 Å². The van der Waals surface area contributed by atoms with Crippen molar-refractivity contribution >= 4 is 23.2 Å². The fourth-order valence-electron chi connectivity index (χ4n) is 1.93. The van der Waals surface area contributed by atoms with E-state index in [9.17, 15) is 9.59 Å². The summed E-state index contributed by atoms with van der Waals surface area (Å²) in [6, 6.07) is 8.03. The number of amides is 1. The van der Waals surface area contributed by atoms with Crippen LogP contribution in [0.1, 0.15) is 20.7 Å². The zero-order valence-corrected chi connectivity index (χ0v) is 10.7. The van der Waals surface area contributed by atoms with Gasteiger partial charge >= 0.3 is 5.97 Å². The Kier molecular flexibility index (Phi) is 3.07. The maximum atomic E-state index is 12.2. The van der Waals surface area contributed by atoms with Gasteiger partial charge in [0, 0.05) is 12.4 Å². The Hall–Kier alpha value is -3.22. The highest BCUT2D eigenvalue weighted by atomic mass is 16.4. The molecule has 0 bridgehead atoms. The van der Waals surface area contributed by atoms with Gasteiger partial charge in [0.05, 0.1) is 22.8 Å². The average Bonchev–Trinajstić information content (AvgIpc) is 2.91. The van der Waals surface area contributed by atoms with Crippen LogP contribution in [0.5, 0.6) is 0 Å². The highest BCUT2D eigenvalue weighted by Gasteiger charge is 2.13. The minimum absolute atomic E-state index is 0.0557. The van der Waals surface area contributed by atoms with Crippen molar-refractivity contribution in [2.75, 3.05) is 5.32 Å². The van der Waals surface area contributed by atoms with Crippen molar-refractivity contribution in [3.8, 4) is 0 Å². The molecule has 0 saturated carbocycles. The van der Waals surface area contributed by atoms with E-state index in [1.807, 2.05) is 0 Å². The van der Waals surface area contributed by atoms with Crippen LogP contribution in [0.4, 0.5) is 5.82 Å². The second-order valence-electron chi connectivity index (χ2n) is 4.28. The van der Waals surface area contributed by atoms with Crippen LogP contribution in [0.3, 0.4) is 0 Å². The predicted octanol–water partition coefficient (Wildman–Crippen LogP) is 1.68. The quantitative estimate of drug-likeness (QED) is 0.761. The second kappa shape index (κ2) is 5.04. The van der Waals surface area contributed by atoms with E-state index in [0.29, 0.717) is 11.1 Å². The minimum atomic E-state index is -1.08. The first-order chi connectivity index (χ1) is 10.1. The number of aromatic nitrogens is 3. The Bertz CT molecular complexity index is 841. The number of carbonyl (C=O) groups excluding carboxylic acids is 1. The molecule has 3 heterocycles. The smallest absolute Gasteiger partial charge is 0.335 e. The minimum Gasteiger partial charge on any atom is -0.478 e. The zero-order chi connectivity index (χ0) is 14.8. The lowest BCUT2D eigenvalue weighted by Gasteiger charge is -2.04. The third kappa shape index (κ3) is 2.44. The number of carboxylic acids is 1. The Morgan fingerprint density at radius 2 is 2.10 bits per heavy atom. The molecule has 0 unspecified atom stereocenters. The van der Waals surface area contributed by atoms with Gasteiger partial charge in [0.1, 0.15) is 5.82 Å². The van der Waals surface area contributed by atoms with E-state index in [4.69, 9.17) is 5.11 Å². The summed E-state index contributed by atoms with van der Waals surface area (Å²) in [5.41, 5.74) is 1.10. The topological polar surface area (TPSA) is 96.6 Å². The van der Waals surface area contributed by atoms with Gasteiger partial charge in [-0.25, -0.2) is 14.3 Å². The molecule has 0 aliphatic carbocycles. The summed E-state index contributed by atoms with van der Waals surface area (Å²) in [5, 5.41) is 15.5. The van der Waals surface area contributed by atoms with Crippen molar-refractivity contribution in [3.05, 3.63) is 60.0 Å². The number of aromatic carboxylic acids is 1. The van der Waals surface area contributed by atoms with Gasteiger partial charge in [-0.3, -0.25) is 4.79 Å². The molecule has 3 aromatic rings. The van der Waals surface area contributed by atoms with Gasteiger partial charge in [-0.05, 0) is 24.3 Å². The van der Waals surface area contributed by atoms with E-state index in [-0.39, 0.29) is 11.4 Å². The number of hydrogen-bond acceptors (Lipinski definition) is 4. The fraction of sp³-hybridized carbons (Fsp3) is 0. The highest BCUT2D eigenvalue weighted by Crippen LogP contribution is 2.13. The lowest BCUT2D eigenvalue weighted by Crippen LogP contribution is -2.13. The second-order valence-corrected chi connectivity index (χ2v) is 4.28. The summed E-state index contributed by atoms with van der Waals surface area (Å²) in [5.74, 6) is -1.30. The number of fused-ring (bicyclic) bond motifs is 1. The van der Waals surface area contributed by atoms with Crippen molar-refractivity contribution in [1.82, 2.24) is 14.6 Å². The molecule has 0 saturated heterocycles. The van der Waals surface area contributed by atoms with Gasteiger partial charge in [0.15, 0.2) is 0 Å². The first-order valence-corrected chi connectivity index (χ1v) is 6.08. The SMILES string of the molecule is O=C(O)c1ccnc(NC(=O)c2cnn3ccccc23)c1. The Balaban J connectivity index is 1.90. The molecule has 0 atom stereocenters. The van der Waals surface area contributed by atoms with Gasteiger partial charge in [-0.1, -0.05) is 6.07 Å². The molecular weight excluding hydrogens is 272 g/mol. The van der Waals surface area contributed by atoms with E-state index in [1.165, 1.54) is 24.5 Å². The maximum Gasteiger partial charge on any atom is 0.335 e. The summed E-state index contributed by atoms with van der Waals surface area (Å²) < 4.78 is 1.58. The molecular formula is C14H10N4O3. The van der Waals surface area contributed by atoms with E-state index in [1.54, 1.807) is 28.9 Å². The molecule has 104 valence electrons. The Labute approximate surface area is 118 Å². The molecule has 3 rings (SSSR count). The lowest BCUT2D eigenvalue weighted by atomic mass is 10.2. The molecule has 0 fully saturated rings. The van der Waals surface area contributed by atoms with Crippen LogP contribution >= 0.6 is 0 Å². The predicted molar refractivity (Wildman–Crippen MR) is 74.3 cm³/mol. The van der Waals surface area contributed by atoms with Crippen molar-refractivity contribution < 1.29 is 14.7 Å². The normalized spacial score (nSPS) is 10.5. The largest absolute Gasteiger partial charge is 0.478 e. The molecule has 3 aromatic heterocycles. The van der Waals surface area contributed by atoms with E-state index < -0.39 is 11.9 Å². The molecule has 7 heteroatoms. The molecule has 7 nitrogen and oxygen atoms in total. The third-order valence-corrected chi connectivity index (χ3v) is 2.92. The summed E-state index contributed by atoms with van der Waals surface area (Å²) in [6.07, 6.45) is 4.51. The lowest BCUT2D eigenvalue weighted by molar-refractivity contribution is 0.0696. The number of rotatable bonds is 3. The molecule has 0 aromatic carbocycles. The molecule has 0 spiro atoms. The summed E-state index contributed by atoms with van der Waals surface area (Å²) in [4.78, 5) is 27.0. The van der Waals surface area contributed by atoms with Gasteiger partial charge < -0.3 is 10.4 Å². The first-order valence-electron chi connectivity index (χ1n) is 6.08. The molecule has 0 aliphatic heterocycles.